The molecule has 0 bridgehead atoms. The maximum Gasteiger partial charge on any atom is 0.263 e. The highest BCUT2D eigenvalue weighted by Crippen LogP contribution is 2.20. The Labute approximate surface area is 169 Å². The van der Waals surface area contributed by atoms with Gasteiger partial charge in [-0.15, -0.1) is 0 Å². The number of sulfonamides is 1. The second kappa shape index (κ2) is 8.06. The third-order valence-corrected chi connectivity index (χ3v) is 6.07. The minimum absolute atomic E-state index is 0.0789. The number of benzene rings is 2. The molecule has 0 spiro atoms. The number of para-hydroxylation sites is 1. The summed E-state index contributed by atoms with van der Waals surface area (Å²) < 4.78 is 29.7. The van der Waals surface area contributed by atoms with E-state index in [4.69, 9.17) is 0 Å². The molecule has 29 heavy (non-hydrogen) atoms. The Morgan fingerprint density at radius 3 is 2.34 bits per heavy atom. The van der Waals surface area contributed by atoms with Crippen molar-refractivity contribution < 1.29 is 13.2 Å². The number of hydrogen-bond donors (Lipinski definition) is 2. The summed E-state index contributed by atoms with van der Waals surface area (Å²) in [6, 6.07) is 16.8. The third-order valence-electron chi connectivity index (χ3n) is 4.70. The first kappa shape index (κ1) is 19.2. The zero-order valence-electron chi connectivity index (χ0n) is 15.7. The van der Waals surface area contributed by atoms with Gasteiger partial charge in [0, 0.05) is 37.8 Å². The first-order valence-corrected chi connectivity index (χ1v) is 10.8. The maximum atomic E-state index is 12.8. The van der Waals surface area contributed by atoms with Crippen LogP contribution in [0.4, 0.5) is 5.82 Å². The highest BCUT2D eigenvalue weighted by atomic mass is 32.2. The van der Waals surface area contributed by atoms with Gasteiger partial charge in [0.2, 0.25) is 0 Å². The lowest BCUT2D eigenvalue weighted by Gasteiger charge is -2.27. The predicted octanol–water partition coefficient (Wildman–Crippen LogP) is 1.72. The Bertz CT molecular complexity index is 1090. The van der Waals surface area contributed by atoms with E-state index in [1.165, 1.54) is 23.0 Å². The van der Waals surface area contributed by atoms with Gasteiger partial charge >= 0.3 is 0 Å². The standard InChI is InChI=1S/C20H21N5O3S/c26-20(24-14-12-21-13-15-24)16-6-8-18(9-7-16)29(27,28)23-19-10-11-22-25(19)17-4-2-1-3-5-17/h1-11,21,23H,12-15H2. The molecule has 1 fully saturated rings. The Hall–Kier alpha value is -3.17. The van der Waals surface area contributed by atoms with Crippen LogP contribution in [0.3, 0.4) is 0 Å². The number of anilines is 1. The molecule has 0 saturated carbocycles. The molecule has 0 radical (unpaired) electrons. The first-order chi connectivity index (χ1) is 14.0. The van der Waals surface area contributed by atoms with Crippen molar-refractivity contribution in [3.05, 3.63) is 72.4 Å². The van der Waals surface area contributed by atoms with E-state index in [0.717, 1.165) is 18.8 Å². The summed E-state index contributed by atoms with van der Waals surface area (Å²) in [4.78, 5) is 14.4. The highest BCUT2D eigenvalue weighted by Gasteiger charge is 2.20. The zero-order valence-corrected chi connectivity index (χ0v) is 16.5. The third kappa shape index (κ3) is 4.15. The monoisotopic (exact) mass is 411 g/mol. The number of rotatable bonds is 5. The largest absolute Gasteiger partial charge is 0.336 e. The van der Waals surface area contributed by atoms with Gasteiger partial charge in [0.1, 0.15) is 5.82 Å². The van der Waals surface area contributed by atoms with Crippen molar-refractivity contribution >= 4 is 21.7 Å². The Balaban J connectivity index is 1.53. The van der Waals surface area contributed by atoms with E-state index in [1.54, 1.807) is 23.1 Å². The summed E-state index contributed by atoms with van der Waals surface area (Å²) in [6.45, 7) is 2.81. The van der Waals surface area contributed by atoms with Crippen LogP contribution in [0.2, 0.25) is 0 Å². The number of nitrogens with one attached hydrogen (secondary N) is 2. The highest BCUT2D eigenvalue weighted by molar-refractivity contribution is 7.92. The van der Waals surface area contributed by atoms with Gasteiger partial charge in [-0.2, -0.15) is 5.10 Å². The molecule has 0 atom stereocenters. The topological polar surface area (TPSA) is 96.3 Å². The molecule has 3 aromatic rings. The molecule has 2 N–H and O–H groups in total. The van der Waals surface area contributed by atoms with Crippen LogP contribution in [0, 0.1) is 0 Å². The number of hydrogen-bond acceptors (Lipinski definition) is 5. The lowest BCUT2D eigenvalue weighted by molar-refractivity contribution is 0.0735. The van der Waals surface area contributed by atoms with Crippen LogP contribution in [-0.2, 0) is 10.0 Å². The molecule has 1 aromatic heterocycles. The number of piperazine rings is 1. The first-order valence-electron chi connectivity index (χ1n) is 9.27. The van der Waals surface area contributed by atoms with Crippen molar-refractivity contribution in [1.29, 1.82) is 0 Å². The van der Waals surface area contributed by atoms with Gasteiger partial charge in [-0.05, 0) is 36.4 Å². The predicted molar refractivity (Wildman–Crippen MR) is 110 cm³/mol. The smallest absolute Gasteiger partial charge is 0.263 e. The van der Waals surface area contributed by atoms with Crippen LogP contribution < -0.4 is 10.0 Å². The molecular weight excluding hydrogens is 390 g/mol. The minimum Gasteiger partial charge on any atom is -0.336 e. The molecule has 0 unspecified atom stereocenters. The van der Waals surface area contributed by atoms with Crippen molar-refractivity contribution in [3.63, 3.8) is 0 Å². The fourth-order valence-electron chi connectivity index (χ4n) is 3.18. The average molecular weight is 411 g/mol. The van der Waals surface area contributed by atoms with Gasteiger partial charge < -0.3 is 10.2 Å². The summed E-state index contributed by atoms with van der Waals surface area (Å²) in [5, 5.41) is 7.39. The van der Waals surface area contributed by atoms with Gasteiger partial charge in [-0.1, -0.05) is 18.2 Å². The number of carbonyl (C=O) groups excluding carboxylic acids is 1. The van der Waals surface area contributed by atoms with Crippen LogP contribution in [0.25, 0.3) is 5.69 Å². The molecule has 4 rings (SSSR count). The summed E-state index contributed by atoms with van der Waals surface area (Å²) in [7, 11) is -3.83. The lowest BCUT2D eigenvalue weighted by Crippen LogP contribution is -2.46. The summed E-state index contributed by atoms with van der Waals surface area (Å²) in [5.74, 6) is 0.239. The van der Waals surface area contributed by atoms with Crippen LogP contribution in [0.1, 0.15) is 10.4 Å². The molecule has 1 amide bonds. The number of nitrogens with zero attached hydrogens (tertiary/aromatic N) is 3. The number of carbonyl (C=O) groups is 1. The van der Waals surface area contributed by atoms with Crippen molar-refractivity contribution in [1.82, 2.24) is 20.0 Å². The summed E-state index contributed by atoms with van der Waals surface area (Å²) >= 11 is 0. The van der Waals surface area contributed by atoms with Gasteiger partial charge in [0.25, 0.3) is 15.9 Å². The van der Waals surface area contributed by atoms with Crippen molar-refractivity contribution in [2.45, 2.75) is 4.90 Å². The molecule has 9 heteroatoms. The second-order valence-corrected chi connectivity index (χ2v) is 8.32. The van der Waals surface area contributed by atoms with Crippen LogP contribution in [0.5, 0.6) is 0 Å². The van der Waals surface area contributed by atoms with Gasteiger partial charge in [-0.3, -0.25) is 9.52 Å². The van der Waals surface area contributed by atoms with Crippen LogP contribution in [-0.4, -0.2) is 55.2 Å². The number of aromatic nitrogens is 2. The molecule has 150 valence electrons. The van der Waals surface area contributed by atoms with Gasteiger partial charge in [0.05, 0.1) is 16.8 Å². The van der Waals surface area contributed by atoms with Gasteiger partial charge in [0.15, 0.2) is 0 Å². The van der Waals surface area contributed by atoms with E-state index in [9.17, 15) is 13.2 Å². The molecule has 2 aromatic carbocycles. The quantitative estimate of drug-likeness (QED) is 0.666. The van der Waals surface area contributed by atoms with E-state index in [2.05, 4.69) is 15.1 Å². The Morgan fingerprint density at radius 2 is 1.66 bits per heavy atom. The van der Waals surface area contributed by atoms with E-state index in [1.807, 2.05) is 30.3 Å². The van der Waals surface area contributed by atoms with E-state index >= 15 is 0 Å². The van der Waals surface area contributed by atoms with E-state index in [0.29, 0.717) is 24.5 Å². The normalized spacial score (nSPS) is 14.6. The Morgan fingerprint density at radius 1 is 0.966 bits per heavy atom. The van der Waals surface area contributed by atoms with Crippen LogP contribution >= 0.6 is 0 Å². The maximum absolute atomic E-state index is 12.8. The van der Waals surface area contributed by atoms with E-state index in [-0.39, 0.29) is 10.8 Å². The molecule has 1 aliphatic rings. The minimum atomic E-state index is -3.83. The van der Waals surface area contributed by atoms with Crippen molar-refractivity contribution in [2.75, 3.05) is 30.9 Å². The van der Waals surface area contributed by atoms with Gasteiger partial charge in [-0.25, -0.2) is 13.1 Å². The van der Waals surface area contributed by atoms with Crippen LogP contribution in [0.15, 0.2) is 71.8 Å². The fourth-order valence-corrected chi connectivity index (χ4v) is 4.22. The lowest BCUT2D eigenvalue weighted by atomic mass is 10.2. The molecule has 1 saturated heterocycles. The molecule has 8 nitrogen and oxygen atoms in total. The average Bonchev–Trinajstić information content (AvgIpc) is 3.22. The molecular formula is C20H21N5O3S. The molecule has 1 aliphatic heterocycles. The second-order valence-electron chi connectivity index (χ2n) is 6.64. The molecule has 2 heterocycles. The molecule has 0 aliphatic carbocycles. The van der Waals surface area contributed by atoms with Crippen molar-refractivity contribution in [3.8, 4) is 5.69 Å². The van der Waals surface area contributed by atoms with E-state index < -0.39 is 10.0 Å². The fraction of sp³-hybridized carbons (Fsp3) is 0.200. The number of amides is 1. The SMILES string of the molecule is O=C(c1ccc(S(=O)(=O)Nc2ccnn2-c2ccccc2)cc1)N1CCNCC1. The summed E-state index contributed by atoms with van der Waals surface area (Å²) in [6.07, 6.45) is 1.53. The zero-order chi connectivity index (χ0) is 20.3. The van der Waals surface area contributed by atoms with Crippen molar-refractivity contribution in [2.24, 2.45) is 0 Å². The Kier molecular flexibility index (Phi) is 5.32. The summed E-state index contributed by atoms with van der Waals surface area (Å²) in [5.41, 5.74) is 1.22.